The van der Waals surface area contributed by atoms with E-state index < -0.39 is 0 Å². The third-order valence-electron chi connectivity index (χ3n) is 5.01. The Hall–Kier alpha value is -1.08. The van der Waals surface area contributed by atoms with Crippen LogP contribution in [0, 0.1) is 11.8 Å². The quantitative estimate of drug-likeness (QED) is 0.789. The summed E-state index contributed by atoms with van der Waals surface area (Å²) in [7, 11) is 0. The summed E-state index contributed by atoms with van der Waals surface area (Å²) in [4.78, 5) is 18.9. The Labute approximate surface area is 168 Å². The molecule has 6 nitrogen and oxygen atoms in total. The number of morpholine rings is 1. The highest BCUT2D eigenvalue weighted by Crippen LogP contribution is 2.23. The van der Waals surface area contributed by atoms with Gasteiger partial charge in [-0.05, 0) is 49.9 Å². The first-order chi connectivity index (χ1) is 11.7. The molecule has 1 amide bonds. The first-order valence-electron chi connectivity index (χ1n) is 9.01. The van der Waals surface area contributed by atoms with E-state index >= 15 is 0 Å². The fourth-order valence-electron chi connectivity index (χ4n) is 3.48. The van der Waals surface area contributed by atoms with Crippen molar-refractivity contribution in [1.82, 2.24) is 10.3 Å². The zero-order valence-corrected chi connectivity index (χ0v) is 16.9. The number of hydrogen-bond acceptors (Lipinski definition) is 5. The molecule has 2 aliphatic heterocycles. The topological polar surface area (TPSA) is 66.5 Å². The average molecular weight is 405 g/mol. The second-order valence-corrected chi connectivity index (χ2v) is 6.84. The van der Waals surface area contributed by atoms with Gasteiger partial charge in [0, 0.05) is 19.5 Å². The van der Waals surface area contributed by atoms with Crippen LogP contribution in [0.1, 0.15) is 26.2 Å². The number of carbonyl (C=O) groups is 1. The molecule has 3 rings (SSSR count). The zero-order chi connectivity index (χ0) is 16.8. The number of halogens is 2. The fraction of sp³-hybridized carbons (Fsp3) is 0.667. The first-order valence-corrected chi connectivity index (χ1v) is 9.01. The van der Waals surface area contributed by atoms with E-state index in [2.05, 4.69) is 27.4 Å². The Morgan fingerprint density at radius 1 is 1.38 bits per heavy atom. The predicted molar refractivity (Wildman–Crippen MR) is 110 cm³/mol. The van der Waals surface area contributed by atoms with Crippen LogP contribution in [-0.2, 0) is 9.53 Å². The number of hydrogen-bond donors (Lipinski definition) is 2. The molecule has 2 atom stereocenters. The molecule has 2 N–H and O–H groups in total. The maximum Gasteiger partial charge on any atom is 0.224 e. The Morgan fingerprint density at radius 3 is 2.77 bits per heavy atom. The second-order valence-electron chi connectivity index (χ2n) is 6.84. The van der Waals surface area contributed by atoms with Crippen LogP contribution in [0.25, 0.3) is 0 Å². The van der Waals surface area contributed by atoms with Gasteiger partial charge in [-0.25, -0.2) is 4.98 Å². The number of ether oxygens (including phenoxy) is 1. The lowest BCUT2D eigenvalue weighted by Gasteiger charge is -2.28. The van der Waals surface area contributed by atoms with Crippen molar-refractivity contribution >= 4 is 42.2 Å². The summed E-state index contributed by atoms with van der Waals surface area (Å²) in [5, 5.41) is 6.40. The molecular formula is C18H30Cl2N4O2. The van der Waals surface area contributed by atoms with E-state index in [1.165, 1.54) is 12.8 Å². The molecule has 2 unspecified atom stereocenters. The van der Waals surface area contributed by atoms with Gasteiger partial charge in [-0.3, -0.25) is 4.79 Å². The number of amides is 1. The standard InChI is InChI=1S/C18H28N4O2.2ClH/c1-14(15-3-2-6-19-12-15)11-18(23)21-16-4-5-17(20-13-16)22-7-9-24-10-8-22;;/h4-5,13-15,19H,2-3,6-12H2,1H3,(H,21,23);2*1H. The number of nitrogens with one attached hydrogen (secondary N) is 2. The largest absolute Gasteiger partial charge is 0.378 e. The number of aromatic nitrogens is 1. The van der Waals surface area contributed by atoms with Crippen molar-refractivity contribution in [1.29, 1.82) is 0 Å². The number of carbonyl (C=O) groups excluding carboxylic acids is 1. The maximum absolute atomic E-state index is 12.3. The molecule has 0 spiro atoms. The van der Waals surface area contributed by atoms with Crippen LogP contribution in [0.2, 0.25) is 0 Å². The van der Waals surface area contributed by atoms with Crippen molar-refractivity contribution in [2.75, 3.05) is 49.6 Å². The monoisotopic (exact) mass is 404 g/mol. The van der Waals surface area contributed by atoms with Gasteiger partial charge in [0.25, 0.3) is 0 Å². The van der Waals surface area contributed by atoms with Gasteiger partial charge in [0.2, 0.25) is 5.91 Å². The highest BCUT2D eigenvalue weighted by Gasteiger charge is 2.22. The Morgan fingerprint density at radius 2 is 2.15 bits per heavy atom. The molecule has 0 aliphatic carbocycles. The molecule has 1 aromatic rings. The molecule has 2 aliphatic rings. The van der Waals surface area contributed by atoms with Crippen molar-refractivity contribution in [2.24, 2.45) is 11.8 Å². The van der Waals surface area contributed by atoms with E-state index in [1.807, 2.05) is 12.1 Å². The van der Waals surface area contributed by atoms with Gasteiger partial charge in [0.05, 0.1) is 25.1 Å². The van der Waals surface area contributed by atoms with Crippen molar-refractivity contribution < 1.29 is 9.53 Å². The number of nitrogens with zero attached hydrogens (tertiary/aromatic N) is 2. The van der Waals surface area contributed by atoms with E-state index in [1.54, 1.807) is 6.20 Å². The molecule has 3 heterocycles. The van der Waals surface area contributed by atoms with Crippen LogP contribution in [0.15, 0.2) is 18.3 Å². The first kappa shape index (κ1) is 23.0. The van der Waals surface area contributed by atoms with Crippen molar-refractivity contribution in [3.8, 4) is 0 Å². The summed E-state index contributed by atoms with van der Waals surface area (Å²) in [6.07, 6.45) is 4.74. The van der Waals surface area contributed by atoms with Crippen LogP contribution in [0.5, 0.6) is 0 Å². The van der Waals surface area contributed by atoms with Crippen LogP contribution < -0.4 is 15.5 Å². The number of anilines is 2. The third-order valence-corrected chi connectivity index (χ3v) is 5.01. The summed E-state index contributed by atoms with van der Waals surface area (Å²) in [5.41, 5.74) is 0.769. The molecule has 2 saturated heterocycles. The lowest BCUT2D eigenvalue weighted by Crippen LogP contribution is -2.36. The minimum atomic E-state index is 0. The van der Waals surface area contributed by atoms with E-state index in [0.29, 0.717) is 18.3 Å². The normalized spacial score (nSPS) is 21.1. The second kappa shape index (κ2) is 11.6. The molecular weight excluding hydrogens is 375 g/mol. The summed E-state index contributed by atoms with van der Waals surface area (Å²) in [6.45, 7) is 7.54. The van der Waals surface area contributed by atoms with Crippen LogP contribution >= 0.6 is 24.8 Å². The Balaban J connectivity index is 0.00000169. The highest BCUT2D eigenvalue weighted by atomic mass is 35.5. The molecule has 148 valence electrons. The smallest absolute Gasteiger partial charge is 0.224 e. The summed E-state index contributed by atoms with van der Waals surface area (Å²) in [5.74, 6) is 2.02. The number of rotatable bonds is 5. The molecule has 0 saturated carbocycles. The molecule has 0 aromatic carbocycles. The highest BCUT2D eigenvalue weighted by molar-refractivity contribution is 5.90. The minimum Gasteiger partial charge on any atom is -0.378 e. The van der Waals surface area contributed by atoms with Gasteiger partial charge in [-0.1, -0.05) is 6.92 Å². The zero-order valence-electron chi connectivity index (χ0n) is 15.3. The Kier molecular flexibility index (Phi) is 10.2. The van der Waals surface area contributed by atoms with E-state index in [4.69, 9.17) is 4.74 Å². The predicted octanol–water partition coefficient (Wildman–Crippen LogP) is 2.73. The summed E-state index contributed by atoms with van der Waals surface area (Å²) < 4.78 is 5.35. The number of pyridine rings is 1. The van der Waals surface area contributed by atoms with Gasteiger partial charge in [-0.2, -0.15) is 0 Å². The molecule has 26 heavy (non-hydrogen) atoms. The molecule has 0 bridgehead atoms. The fourth-order valence-corrected chi connectivity index (χ4v) is 3.48. The third kappa shape index (κ3) is 6.58. The number of piperidine rings is 1. The van der Waals surface area contributed by atoms with Gasteiger partial charge >= 0.3 is 0 Å². The Bertz CT molecular complexity index is 532. The SMILES string of the molecule is CC(CC(=O)Nc1ccc(N2CCOCC2)nc1)C1CCCNC1.Cl.Cl. The van der Waals surface area contributed by atoms with Gasteiger partial charge < -0.3 is 20.3 Å². The van der Waals surface area contributed by atoms with Crippen LogP contribution in [0.4, 0.5) is 11.5 Å². The molecule has 2 fully saturated rings. The average Bonchev–Trinajstić information content (AvgIpc) is 2.64. The van der Waals surface area contributed by atoms with Gasteiger partial charge in [-0.15, -0.1) is 24.8 Å². The van der Waals surface area contributed by atoms with E-state index in [9.17, 15) is 4.79 Å². The minimum absolute atomic E-state index is 0. The van der Waals surface area contributed by atoms with Crippen LogP contribution in [0.3, 0.4) is 0 Å². The van der Waals surface area contributed by atoms with Gasteiger partial charge in [0.1, 0.15) is 5.82 Å². The van der Waals surface area contributed by atoms with Crippen molar-refractivity contribution in [2.45, 2.75) is 26.2 Å². The maximum atomic E-state index is 12.3. The lowest BCUT2D eigenvalue weighted by molar-refractivity contribution is -0.117. The summed E-state index contributed by atoms with van der Waals surface area (Å²) in [6, 6.07) is 3.90. The van der Waals surface area contributed by atoms with Crippen molar-refractivity contribution in [3.63, 3.8) is 0 Å². The molecule has 1 aromatic heterocycles. The molecule has 0 radical (unpaired) electrons. The van der Waals surface area contributed by atoms with Gasteiger partial charge in [0.15, 0.2) is 0 Å². The van der Waals surface area contributed by atoms with E-state index in [0.717, 1.165) is 50.9 Å². The lowest BCUT2D eigenvalue weighted by atomic mass is 9.85. The van der Waals surface area contributed by atoms with Crippen molar-refractivity contribution in [3.05, 3.63) is 18.3 Å². The molecule has 8 heteroatoms. The van der Waals surface area contributed by atoms with Crippen LogP contribution in [-0.4, -0.2) is 50.3 Å². The summed E-state index contributed by atoms with van der Waals surface area (Å²) >= 11 is 0. The van der Waals surface area contributed by atoms with E-state index in [-0.39, 0.29) is 30.7 Å².